The zero-order valence-corrected chi connectivity index (χ0v) is 13.4. The number of thioether (sulfide) groups is 1. The van der Waals surface area contributed by atoms with Crippen molar-refractivity contribution in [2.45, 2.75) is 49.2 Å². The fourth-order valence-corrected chi connectivity index (χ4v) is 3.04. The largest absolute Gasteiger partial charge is 0.549 e. The SMILES string of the molecule is CC[C@@H](Sc1nnc(NC(=O)NC(C)(C)C)s1)C(=O)[O-]. The highest BCUT2D eigenvalue weighted by molar-refractivity contribution is 8.02. The molecule has 1 rings (SSSR count). The third-order valence-electron chi connectivity index (χ3n) is 1.99. The molecule has 20 heavy (non-hydrogen) atoms. The van der Waals surface area contributed by atoms with Crippen LogP contribution in [0, 0.1) is 0 Å². The van der Waals surface area contributed by atoms with E-state index in [4.69, 9.17) is 0 Å². The monoisotopic (exact) mass is 317 g/mol. The van der Waals surface area contributed by atoms with Crippen LogP contribution in [0.5, 0.6) is 0 Å². The summed E-state index contributed by atoms with van der Waals surface area (Å²) in [6.07, 6.45) is 0.430. The molecule has 0 spiro atoms. The maximum absolute atomic E-state index is 11.6. The summed E-state index contributed by atoms with van der Waals surface area (Å²) < 4.78 is 0.479. The molecular weight excluding hydrogens is 300 g/mol. The van der Waals surface area contributed by atoms with E-state index in [2.05, 4.69) is 20.8 Å². The summed E-state index contributed by atoms with van der Waals surface area (Å²) in [6, 6.07) is -0.378. The second kappa shape index (κ2) is 6.89. The number of nitrogens with zero attached hydrogens (tertiary/aromatic N) is 2. The number of nitrogens with one attached hydrogen (secondary N) is 2. The number of carboxylic acid groups (broad SMARTS) is 1. The molecule has 0 bridgehead atoms. The highest BCUT2D eigenvalue weighted by Gasteiger charge is 2.17. The molecule has 0 saturated heterocycles. The molecule has 1 heterocycles. The van der Waals surface area contributed by atoms with Crippen molar-refractivity contribution in [1.82, 2.24) is 15.5 Å². The molecule has 1 atom stereocenters. The van der Waals surface area contributed by atoms with Crippen molar-refractivity contribution in [3.05, 3.63) is 0 Å². The minimum atomic E-state index is -1.13. The van der Waals surface area contributed by atoms with Crippen molar-refractivity contribution in [2.24, 2.45) is 0 Å². The molecule has 2 amide bonds. The average molecular weight is 317 g/mol. The van der Waals surface area contributed by atoms with E-state index in [1.165, 1.54) is 0 Å². The van der Waals surface area contributed by atoms with Crippen molar-refractivity contribution in [2.75, 3.05) is 5.32 Å². The van der Waals surface area contributed by atoms with Gasteiger partial charge in [0.2, 0.25) is 5.13 Å². The second-order valence-corrected chi connectivity index (χ2v) is 7.46. The lowest BCUT2D eigenvalue weighted by Gasteiger charge is -2.19. The molecule has 0 unspecified atom stereocenters. The van der Waals surface area contributed by atoms with Gasteiger partial charge in [0.15, 0.2) is 4.34 Å². The minimum absolute atomic E-state index is 0.322. The van der Waals surface area contributed by atoms with E-state index in [9.17, 15) is 14.7 Å². The Morgan fingerprint density at radius 1 is 1.40 bits per heavy atom. The molecule has 9 heteroatoms. The number of urea groups is 1. The van der Waals surface area contributed by atoms with Gasteiger partial charge in [-0.05, 0) is 27.2 Å². The van der Waals surface area contributed by atoms with Gasteiger partial charge < -0.3 is 15.2 Å². The number of aliphatic carboxylic acids is 1. The van der Waals surface area contributed by atoms with Gasteiger partial charge in [0.1, 0.15) is 0 Å². The molecule has 0 aliphatic heterocycles. The molecule has 0 saturated carbocycles. The van der Waals surface area contributed by atoms with Crippen LogP contribution in [0.4, 0.5) is 9.93 Å². The average Bonchev–Trinajstić information content (AvgIpc) is 2.70. The molecule has 2 N–H and O–H groups in total. The summed E-state index contributed by atoms with van der Waals surface area (Å²) in [6.45, 7) is 7.34. The van der Waals surface area contributed by atoms with Crippen LogP contribution >= 0.6 is 23.1 Å². The van der Waals surface area contributed by atoms with Crippen LogP contribution in [-0.4, -0.2) is 33.0 Å². The lowest BCUT2D eigenvalue weighted by molar-refractivity contribution is -0.304. The second-order valence-electron chi connectivity index (χ2n) is 5.04. The van der Waals surface area contributed by atoms with Gasteiger partial charge in [-0.25, -0.2) is 4.79 Å². The molecule has 1 aromatic heterocycles. The van der Waals surface area contributed by atoms with E-state index in [-0.39, 0.29) is 11.6 Å². The van der Waals surface area contributed by atoms with Gasteiger partial charge in [-0.2, -0.15) is 0 Å². The van der Waals surface area contributed by atoms with Gasteiger partial charge in [0.05, 0.1) is 11.2 Å². The Hall–Kier alpha value is -1.35. The first kappa shape index (κ1) is 16.7. The number of rotatable bonds is 5. The molecule has 0 radical (unpaired) electrons. The summed E-state index contributed by atoms with van der Waals surface area (Å²) >= 11 is 2.20. The third-order valence-corrected chi connectivity index (χ3v) is 4.26. The van der Waals surface area contributed by atoms with Crippen LogP contribution in [0.3, 0.4) is 0 Å². The van der Waals surface area contributed by atoms with Crippen molar-refractivity contribution in [3.63, 3.8) is 0 Å². The van der Waals surface area contributed by atoms with Gasteiger partial charge in [0.25, 0.3) is 0 Å². The topological polar surface area (TPSA) is 107 Å². The Morgan fingerprint density at radius 2 is 2.05 bits per heavy atom. The van der Waals surface area contributed by atoms with Gasteiger partial charge in [0, 0.05) is 5.54 Å². The normalized spacial score (nSPS) is 12.8. The van der Waals surface area contributed by atoms with Crippen LogP contribution in [0.1, 0.15) is 34.1 Å². The van der Waals surface area contributed by atoms with Crippen LogP contribution in [0.15, 0.2) is 4.34 Å². The molecule has 0 aliphatic carbocycles. The number of carboxylic acids is 1. The molecular formula is C11H17N4O3S2-. The molecule has 112 valence electrons. The predicted octanol–water partition coefficient (Wildman–Crippen LogP) is 1.08. The maximum atomic E-state index is 11.6. The number of carbonyl (C=O) groups excluding carboxylic acids is 2. The summed E-state index contributed by atoms with van der Waals surface area (Å²) in [4.78, 5) is 22.5. The third kappa shape index (κ3) is 5.74. The van der Waals surface area contributed by atoms with Crippen LogP contribution < -0.4 is 15.7 Å². The highest BCUT2D eigenvalue weighted by Crippen LogP contribution is 2.30. The predicted molar refractivity (Wildman–Crippen MR) is 76.8 cm³/mol. The number of hydrogen-bond acceptors (Lipinski definition) is 7. The van der Waals surface area contributed by atoms with Gasteiger partial charge in [-0.15, -0.1) is 10.2 Å². The summed E-state index contributed by atoms with van der Waals surface area (Å²) in [7, 11) is 0. The quantitative estimate of drug-likeness (QED) is 0.621. The van der Waals surface area contributed by atoms with E-state index >= 15 is 0 Å². The van der Waals surface area contributed by atoms with E-state index in [1.807, 2.05) is 20.8 Å². The number of aromatic nitrogens is 2. The highest BCUT2D eigenvalue weighted by atomic mass is 32.2. The van der Waals surface area contributed by atoms with Crippen molar-refractivity contribution in [3.8, 4) is 0 Å². The van der Waals surface area contributed by atoms with Gasteiger partial charge >= 0.3 is 6.03 Å². The smallest absolute Gasteiger partial charge is 0.321 e. The fraction of sp³-hybridized carbons (Fsp3) is 0.636. The zero-order chi connectivity index (χ0) is 15.3. The van der Waals surface area contributed by atoms with E-state index in [1.54, 1.807) is 6.92 Å². The number of amides is 2. The first-order valence-corrected chi connectivity index (χ1v) is 7.71. The first-order chi connectivity index (χ1) is 9.21. The van der Waals surface area contributed by atoms with Gasteiger partial charge in [-0.3, -0.25) is 5.32 Å². The summed E-state index contributed by atoms with van der Waals surface area (Å²) in [5.74, 6) is -1.13. The fourth-order valence-electron chi connectivity index (χ4n) is 1.20. The lowest BCUT2D eigenvalue weighted by Crippen LogP contribution is -2.43. The van der Waals surface area contributed by atoms with Crippen molar-refractivity contribution >= 4 is 40.2 Å². The number of hydrogen-bond donors (Lipinski definition) is 2. The lowest BCUT2D eigenvalue weighted by atomic mass is 10.1. The van der Waals surface area contributed by atoms with Gasteiger partial charge in [-0.1, -0.05) is 30.0 Å². The minimum Gasteiger partial charge on any atom is -0.549 e. The summed E-state index contributed by atoms with van der Waals surface area (Å²) in [5.41, 5.74) is -0.353. The Morgan fingerprint density at radius 3 is 2.55 bits per heavy atom. The standard InChI is InChI=1S/C11H18N4O3S2/c1-5-6(7(16)17)19-10-15-14-9(20-10)12-8(18)13-11(2,3)4/h6H,5H2,1-4H3,(H,16,17)(H2,12,13,14,18)/p-1/t6-/m1/s1. The maximum Gasteiger partial charge on any atom is 0.321 e. The Balaban J connectivity index is 2.59. The van der Waals surface area contributed by atoms with E-state index < -0.39 is 11.2 Å². The number of anilines is 1. The first-order valence-electron chi connectivity index (χ1n) is 6.01. The zero-order valence-electron chi connectivity index (χ0n) is 11.7. The molecule has 0 fully saturated rings. The van der Waals surface area contributed by atoms with Crippen LogP contribution in [-0.2, 0) is 4.79 Å². The van der Waals surface area contributed by atoms with Crippen molar-refractivity contribution < 1.29 is 14.7 Å². The molecule has 1 aromatic rings. The van der Waals surface area contributed by atoms with Crippen LogP contribution in [0.25, 0.3) is 0 Å². The Labute approximate surface area is 125 Å². The van der Waals surface area contributed by atoms with E-state index in [0.29, 0.717) is 15.9 Å². The summed E-state index contributed by atoms with van der Waals surface area (Å²) in [5, 5.41) is 23.4. The Bertz CT molecular complexity index is 484. The molecule has 0 aromatic carbocycles. The molecule has 0 aliphatic rings. The van der Waals surface area contributed by atoms with Crippen LogP contribution in [0.2, 0.25) is 0 Å². The Kier molecular flexibility index (Phi) is 5.75. The number of carbonyl (C=O) groups is 2. The van der Waals surface area contributed by atoms with E-state index in [0.717, 1.165) is 23.1 Å². The van der Waals surface area contributed by atoms with Crippen molar-refractivity contribution in [1.29, 1.82) is 0 Å². The molecule has 7 nitrogen and oxygen atoms in total.